The highest BCUT2D eigenvalue weighted by atomic mass is 16.6. The highest BCUT2D eigenvalue weighted by molar-refractivity contribution is 5.82. The number of carbonyl (C=O) groups is 1. The van der Waals surface area contributed by atoms with Crippen molar-refractivity contribution in [2.24, 2.45) is 4.99 Å². The summed E-state index contributed by atoms with van der Waals surface area (Å²) in [5.74, 6) is -0.346. The van der Waals surface area contributed by atoms with E-state index in [4.69, 9.17) is 4.74 Å². The van der Waals surface area contributed by atoms with Crippen molar-refractivity contribution in [2.75, 3.05) is 0 Å². The second-order valence-corrected chi connectivity index (χ2v) is 10.6. The first-order valence-corrected chi connectivity index (χ1v) is 13.2. The summed E-state index contributed by atoms with van der Waals surface area (Å²) in [6, 6.07) is 0. The number of nitrogens with zero attached hydrogens (tertiary/aromatic N) is 1. The van der Waals surface area contributed by atoms with Crippen LogP contribution in [-0.4, -0.2) is 23.2 Å². The Labute approximate surface area is 192 Å². The molecule has 0 unspecified atom stereocenters. The van der Waals surface area contributed by atoms with Gasteiger partial charge in [0.25, 0.3) is 0 Å². The van der Waals surface area contributed by atoms with Crippen molar-refractivity contribution >= 4 is 12.0 Å². The molecule has 4 heteroatoms. The summed E-state index contributed by atoms with van der Waals surface area (Å²) in [7, 11) is 0. The van der Waals surface area contributed by atoms with Crippen molar-refractivity contribution in [3.63, 3.8) is 0 Å². The standard InChI is InChI=1S/C27H49NO3/c1-26(2,3)31-25(30)27(28-24-29)22-20-18-16-14-12-10-8-6-4-5-7-9-11-13-15-17-19-21-23-27/h4-23H2,1-3H3. The maximum atomic E-state index is 13.1. The molecule has 0 radical (unpaired) electrons. The van der Waals surface area contributed by atoms with Crippen LogP contribution in [-0.2, 0) is 14.3 Å². The van der Waals surface area contributed by atoms with E-state index in [2.05, 4.69) is 4.99 Å². The molecule has 0 aromatic carbocycles. The Bertz CT molecular complexity index is 495. The normalized spacial score (nSPS) is 21.8. The topological polar surface area (TPSA) is 55.7 Å². The lowest BCUT2D eigenvalue weighted by Crippen LogP contribution is -2.42. The van der Waals surface area contributed by atoms with Crippen LogP contribution in [0.5, 0.6) is 0 Å². The van der Waals surface area contributed by atoms with Crippen LogP contribution in [0.4, 0.5) is 0 Å². The van der Waals surface area contributed by atoms with Gasteiger partial charge in [0.1, 0.15) is 5.60 Å². The van der Waals surface area contributed by atoms with E-state index in [1.165, 1.54) is 89.9 Å². The first-order chi connectivity index (χ1) is 14.9. The average Bonchev–Trinajstić information content (AvgIpc) is 2.70. The van der Waals surface area contributed by atoms with Gasteiger partial charge in [-0.05, 0) is 33.6 Å². The van der Waals surface area contributed by atoms with Crippen molar-refractivity contribution in [3.05, 3.63) is 0 Å². The van der Waals surface area contributed by atoms with Crippen LogP contribution < -0.4 is 0 Å². The summed E-state index contributed by atoms with van der Waals surface area (Å²) >= 11 is 0. The Morgan fingerprint density at radius 2 is 0.935 bits per heavy atom. The largest absolute Gasteiger partial charge is 0.458 e. The first kappa shape index (κ1) is 27.9. The van der Waals surface area contributed by atoms with E-state index in [1.54, 1.807) is 6.08 Å². The summed E-state index contributed by atoms with van der Waals surface area (Å²) in [6.07, 6.45) is 25.4. The Kier molecular flexibility index (Phi) is 14.8. The zero-order chi connectivity index (χ0) is 22.8. The number of ether oxygens (including phenoxy) is 1. The maximum Gasteiger partial charge on any atom is 0.335 e. The Balaban J connectivity index is 2.69. The van der Waals surface area contributed by atoms with Gasteiger partial charge in [0, 0.05) is 0 Å². The summed E-state index contributed by atoms with van der Waals surface area (Å²) in [4.78, 5) is 28.4. The van der Waals surface area contributed by atoms with Gasteiger partial charge in [0.2, 0.25) is 6.08 Å². The van der Waals surface area contributed by atoms with Crippen LogP contribution in [0.1, 0.15) is 149 Å². The van der Waals surface area contributed by atoms with Crippen molar-refractivity contribution in [1.29, 1.82) is 0 Å². The molecule has 1 aliphatic carbocycles. The molecule has 0 saturated heterocycles. The van der Waals surface area contributed by atoms with Gasteiger partial charge in [-0.3, -0.25) is 0 Å². The molecule has 1 aliphatic rings. The lowest BCUT2D eigenvalue weighted by molar-refractivity contribution is -0.162. The van der Waals surface area contributed by atoms with E-state index in [1.807, 2.05) is 20.8 Å². The summed E-state index contributed by atoms with van der Waals surface area (Å²) < 4.78 is 5.70. The zero-order valence-electron chi connectivity index (χ0n) is 20.8. The molecule has 0 aliphatic heterocycles. The van der Waals surface area contributed by atoms with Crippen LogP contribution in [0.3, 0.4) is 0 Å². The van der Waals surface area contributed by atoms with Gasteiger partial charge in [-0.1, -0.05) is 116 Å². The smallest absolute Gasteiger partial charge is 0.335 e. The van der Waals surface area contributed by atoms with Crippen LogP contribution in [0, 0.1) is 0 Å². The molecule has 4 nitrogen and oxygen atoms in total. The third-order valence-corrected chi connectivity index (χ3v) is 6.47. The number of aliphatic imine (C=N–C) groups is 1. The van der Waals surface area contributed by atoms with Crippen LogP contribution in [0.25, 0.3) is 0 Å². The molecule has 0 amide bonds. The Morgan fingerprint density at radius 1 is 0.645 bits per heavy atom. The monoisotopic (exact) mass is 435 g/mol. The molecule has 0 atom stereocenters. The molecule has 180 valence electrons. The van der Waals surface area contributed by atoms with E-state index in [0.717, 1.165) is 25.7 Å². The number of hydrogen-bond acceptors (Lipinski definition) is 4. The number of carbonyl (C=O) groups excluding carboxylic acids is 2. The Hall–Kier alpha value is -1.15. The molecule has 0 aromatic rings. The minimum atomic E-state index is -1.05. The predicted molar refractivity (Wildman–Crippen MR) is 129 cm³/mol. The fraction of sp³-hybridized carbons (Fsp3) is 0.926. The van der Waals surface area contributed by atoms with Crippen LogP contribution in [0.2, 0.25) is 0 Å². The number of rotatable bonds is 2. The second kappa shape index (κ2) is 16.5. The van der Waals surface area contributed by atoms with Gasteiger partial charge in [0.15, 0.2) is 5.54 Å². The van der Waals surface area contributed by atoms with Crippen molar-refractivity contribution in [1.82, 2.24) is 0 Å². The van der Waals surface area contributed by atoms with Crippen molar-refractivity contribution < 1.29 is 14.3 Å². The lowest BCUT2D eigenvalue weighted by atomic mass is 9.86. The first-order valence-electron chi connectivity index (χ1n) is 13.2. The fourth-order valence-corrected chi connectivity index (χ4v) is 4.61. The van der Waals surface area contributed by atoms with E-state index in [0.29, 0.717) is 12.8 Å². The number of esters is 1. The quantitative estimate of drug-likeness (QED) is 0.249. The Morgan fingerprint density at radius 3 is 1.19 bits per heavy atom. The van der Waals surface area contributed by atoms with Gasteiger partial charge in [-0.25, -0.2) is 9.59 Å². The van der Waals surface area contributed by atoms with E-state index in [-0.39, 0.29) is 5.97 Å². The molecule has 0 N–H and O–H groups in total. The zero-order valence-corrected chi connectivity index (χ0v) is 20.8. The third-order valence-electron chi connectivity index (χ3n) is 6.47. The van der Waals surface area contributed by atoms with Gasteiger partial charge < -0.3 is 4.74 Å². The molecule has 0 heterocycles. The fourth-order valence-electron chi connectivity index (χ4n) is 4.61. The van der Waals surface area contributed by atoms with Gasteiger partial charge in [-0.2, -0.15) is 4.99 Å². The molecule has 1 fully saturated rings. The van der Waals surface area contributed by atoms with Crippen molar-refractivity contribution in [3.8, 4) is 0 Å². The summed E-state index contributed by atoms with van der Waals surface area (Å²) in [5.41, 5.74) is -1.63. The highest BCUT2D eigenvalue weighted by Crippen LogP contribution is 2.30. The van der Waals surface area contributed by atoms with Gasteiger partial charge in [-0.15, -0.1) is 0 Å². The minimum Gasteiger partial charge on any atom is -0.458 e. The molecule has 31 heavy (non-hydrogen) atoms. The molecule has 1 saturated carbocycles. The number of isocyanates is 1. The molecule has 0 bridgehead atoms. The molecule has 1 rings (SSSR count). The number of hydrogen-bond donors (Lipinski definition) is 0. The predicted octanol–water partition coefficient (Wildman–Crippen LogP) is 8.22. The van der Waals surface area contributed by atoms with Crippen LogP contribution >= 0.6 is 0 Å². The van der Waals surface area contributed by atoms with Gasteiger partial charge >= 0.3 is 5.97 Å². The van der Waals surface area contributed by atoms with Gasteiger partial charge in [0.05, 0.1) is 0 Å². The molecular weight excluding hydrogens is 386 g/mol. The lowest BCUT2D eigenvalue weighted by Gasteiger charge is -2.30. The summed E-state index contributed by atoms with van der Waals surface area (Å²) in [5, 5.41) is 0. The average molecular weight is 436 g/mol. The molecule has 0 spiro atoms. The van der Waals surface area contributed by atoms with E-state index in [9.17, 15) is 9.59 Å². The molecular formula is C27H49NO3. The van der Waals surface area contributed by atoms with Crippen LogP contribution in [0.15, 0.2) is 4.99 Å². The van der Waals surface area contributed by atoms with E-state index < -0.39 is 11.1 Å². The van der Waals surface area contributed by atoms with Crippen molar-refractivity contribution in [2.45, 2.75) is 160 Å². The summed E-state index contributed by atoms with van der Waals surface area (Å²) in [6.45, 7) is 5.62. The maximum absolute atomic E-state index is 13.1. The van der Waals surface area contributed by atoms with E-state index >= 15 is 0 Å². The second-order valence-electron chi connectivity index (χ2n) is 10.6. The minimum absolute atomic E-state index is 0.346. The highest BCUT2D eigenvalue weighted by Gasteiger charge is 2.41. The molecule has 0 aromatic heterocycles. The SMILES string of the molecule is CC(C)(C)OC(=O)C1(N=C=O)CCCCCCCCCCCCCCCCCCCC1. The third kappa shape index (κ3) is 13.8.